The zero-order valence-corrected chi connectivity index (χ0v) is 14.8. The highest BCUT2D eigenvalue weighted by Gasteiger charge is 2.28. The summed E-state index contributed by atoms with van der Waals surface area (Å²) in [5.41, 5.74) is 1.57. The number of hydrogen-bond donors (Lipinski definition) is 0. The number of carbonyl (C=O) groups excluding carboxylic acids is 1. The summed E-state index contributed by atoms with van der Waals surface area (Å²) in [5.74, 6) is -0.125. The fourth-order valence-electron chi connectivity index (χ4n) is 2.41. The van der Waals surface area contributed by atoms with Crippen molar-refractivity contribution in [1.82, 2.24) is 0 Å². The monoisotopic (exact) mass is 374 g/mol. The van der Waals surface area contributed by atoms with Gasteiger partial charge in [0.2, 0.25) is 0 Å². The topological polar surface area (TPSA) is 44.1 Å². The fraction of sp³-hybridized carbons (Fsp3) is 0.111. The molecule has 1 amide bonds. The molecule has 3 rings (SSSR count). The Balaban J connectivity index is 2.02. The third-order valence-electron chi connectivity index (χ3n) is 3.53. The minimum atomic E-state index is -0.125. The van der Waals surface area contributed by atoms with Gasteiger partial charge in [0.1, 0.15) is 0 Å². The van der Waals surface area contributed by atoms with Gasteiger partial charge in [0, 0.05) is 21.5 Å². The maximum atomic E-state index is 12.8. The number of benzene rings is 2. The molecule has 0 saturated heterocycles. The molecule has 0 atom stereocenters. The van der Waals surface area contributed by atoms with E-state index in [-0.39, 0.29) is 12.3 Å². The van der Waals surface area contributed by atoms with E-state index < -0.39 is 0 Å². The Hall–Kier alpha value is -1.93. The summed E-state index contributed by atoms with van der Waals surface area (Å²) in [6.45, 7) is 0.360. The molecule has 1 aliphatic rings. The lowest BCUT2D eigenvalue weighted by Crippen LogP contribution is -2.34. The van der Waals surface area contributed by atoms with Crippen molar-refractivity contribution in [3.63, 3.8) is 0 Å². The van der Waals surface area contributed by atoms with E-state index in [0.717, 1.165) is 16.1 Å². The van der Waals surface area contributed by atoms with E-state index in [0.29, 0.717) is 21.5 Å². The zero-order valence-electron chi connectivity index (χ0n) is 12.5. The van der Waals surface area contributed by atoms with Gasteiger partial charge in [0.05, 0.1) is 23.1 Å². The molecule has 120 valence electrons. The Labute approximate surface area is 154 Å². The minimum Gasteiger partial charge on any atom is -0.306 e. The van der Waals surface area contributed by atoms with Crippen molar-refractivity contribution in [1.29, 1.82) is 5.26 Å². The number of nitriles is 1. The van der Waals surface area contributed by atoms with Crippen LogP contribution in [-0.4, -0.2) is 12.5 Å². The average molecular weight is 375 g/mol. The number of thioether (sulfide) groups is 1. The number of rotatable bonds is 3. The summed E-state index contributed by atoms with van der Waals surface area (Å²) < 4.78 is 0. The predicted octanol–water partition coefficient (Wildman–Crippen LogP) is 5.39. The highest BCUT2D eigenvalue weighted by atomic mass is 35.5. The van der Waals surface area contributed by atoms with E-state index in [2.05, 4.69) is 6.07 Å². The number of para-hydroxylation sites is 1. The zero-order chi connectivity index (χ0) is 17.1. The summed E-state index contributed by atoms with van der Waals surface area (Å²) in [6, 6.07) is 14.9. The molecule has 2 aromatic carbocycles. The Morgan fingerprint density at radius 3 is 2.75 bits per heavy atom. The number of nitrogens with zero attached hydrogens (tertiary/aromatic N) is 2. The number of fused-ring (bicyclic) bond motifs is 1. The van der Waals surface area contributed by atoms with Gasteiger partial charge in [0.15, 0.2) is 0 Å². The second kappa shape index (κ2) is 7.31. The number of hydrogen-bond acceptors (Lipinski definition) is 3. The molecule has 0 bridgehead atoms. The molecule has 0 saturated carbocycles. The first-order valence-corrected chi connectivity index (χ1v) is 8.80. The van der Waals surface area contributed by atoms with E-state index in [1.807, 2.05) is 24.3 Å². The van der Waals surface area contributed by atoms with Crippen LogP contribution in [0, 0.1) is 11.3 Å². The van der Waals surface area contributed by atoms with Crippen LogP contribution in [0.3, 0.4) is 0 Å². The third kappa shape index (κ3) is 3.44. The smallest absolute Gasteiger partial charge is 0.265 e. The lowest BCUT2D eigenvalue weighted by atomic mass is 10.2. The largest absolute Gasteiger partial charge is 0.306 e. The van der Waals surface area contributed by atoms with E-state index in [1.165, 1.54) is 11.8 Å². The second-order valence-electron chi connectivity index (χ2n) is 5.11. The van der Waals surface area contributed by atoms with Crippen molar-refractivity contribution in [3.05, 3.63) is 63.0 Å². The van der Waals surface area contributed by atoms with E-state index in [4.69, 9.17) is 28.5 Å². The summed E-state index contributed by atoms with van der Waals surface area (Å²) in [7, 11) is 0. The summed E-state index contributed by atoms with van der Waals surface area (Å²) in [5, 5.41) is 9.90. The van der Waals surface area contributed by atoms with Crippen LogP contribution in [0.4, 0.5) is 5.69 Å². The molecule has 6 heteroatoms. The number of amides is 1. The summed E-state index contributed by atoms with van der Waals surface area (Å²) in [4.78, 5) is 16.0. The number of halogens is 2. The van der Waals surface area contributed by atoms with E-state index >= 15 is 0 Å². The Morgan fingerprint density at radius 2 is 2.00 bits per heavy atom. The van der Waals surface area contributed by atoms with Crippen LogP contribution in [-0.2, 0) is 4.79 Å². The second-order valence-corrected chi connectivity index (χ2v) is 7.04. The Kier molecular flexibility index (Phi) is 5.15. The fourth-order valence-corrected chi connectivity index (χ4v) is 3.92. The normalized spacial score (nSPS) is 15.3. The molecule has 0 aliphatic carbocycles. The van der Waals surface area contributed by atoms with Gasteiger partial charge < -0.3 is 4.90 Å². The minimum absolute atomic E-state index is 0.125. The Bertz CT molecular complexity index is 874. The van der Waals surface area contributed by atoms with Gasteiger partial charge in [0.25, 0.3) is 5.91 Å². The van der Waals surface area contributed by atoms with Crippen molar-refractivity contribution in [2.75, 3.05) is 11.4 Å². The molecule has 0 spiro atoms. The van der Waals surface area contributed by atoms with Crippen molar-refractivity contribution >= 4 is 52.6 Å². The van der Waals surface area contributed by atoms with Crippen LogP contribution in [0.25, 0.3) is 6.08 Å². The SMILES string of the molecule is N#CCCN1C(=O)/C(=C/c2ccc(Cl)cc2Cl)Sc2ccccc21. The van der Waals surface area contributed by atoms with Crippen molar-refractivity contribution in [2.45, 2.75) is 11.3 Å². The lowest BCUT2D eigenvalue weighted by molar-refractivity contribution is -0.114. The first kappa shape index (κ1) is 16.9. The van der Waals surface area contributed by atoms with Gasteiger partial charge in [-0.05, 0) is 35.9 Å². The van der Waals surface area contributed by atoms with Gasteiger partial charge in [-0.15, -0.1) is 0 Å². The number of carbonyl (C=O) groups is 1. The molecule has 0 radical (unpaired) electrons. The van der Waals surface area contributed by atoms with Gasteiger partial charge in [-0.3, -0.25) is 4.79 Å². The molecule has 2 aromatic rings. The predicted molar refractivity (Wildman–Crippen MR) is 99.3 cm³/mol. The van der Waals surface area contributed by atoms with Crippen molar-refractivity contribution in [2.24, 2.45) is 0 Å². The van der Waals surface area contributed by atoms with Gasteiger partial charge in [-0.1, -0.05) is 53.2 Å². The van der Waals surface area contributed by atoms with Gasteiger partial charge in [-0.25, -0.2) is 0 Å². The molecule has 24 heavy (non-hydrogen) atoms. The molecule has 1 aliphatic heterocycles. The molecular weight excluding hydrogens is 363 g/mol. The first-order valence-electron chi connectivity index (χ1n) is 7.22. The van der Waals surface area contributed by atoms with Crippen LogP contribution in [0.1, 0.15) is 12.0 Å². The Morgan fingerprint density at radius 1 is 1.21 bits per heavy atom. The van der Waals surface area contributed by atoms with Crippen LogP contribution in [0.15, 0.2) is 52.3 Å². The molecule has 1 heterocycles. The molecule has 0 fully saturated rings. The van der Waals surface area contributed by atoms with Crippen molar-refractivity contribution < 1.29 is 4.79 Å². The van der Waals surface area contributed by atoms with Crippen LogP contribution < -0.4 is 4.90 Å². The van der Waals surface area contributed by atoms with Crippen LogP contribution in [0.2, 0.25) is 10.0 Å². The average Bonchev–Trinajstić information content (AvgIpc) is 2.57. The summed E-state index contributed by atoms with van der Waals surface area (Å²) >= 11 is 13.5. The van der Waals surface area contributed by atoms with Crippen LogP contribution >= 0.6 is 35.0 Å². The first-order chi connectivity index (χ1) is 11.6. The molecular formula is C18H12Cl2N2OS. The van der Waals surface area contributed by atoms with E-state index in [9.17, 15) is 4.79 Å². The number of anilines is 1. The summed E-state index contributed by atoms with van der Waals surface area (Å²) in [6.07, 6.45) is 2.04. The molecule has 0 aromatic heterocycles. The quantitative estimate of drug-likeness (QED) is 0.676. The maximum absolute atomic E-state index is 12.8. The molecule has 0 unspecified atom stereocenters. The standard InChI is InChI=1S/C18H12Cl2N2OS/c19-13-7-6-12(14(20)11-13)10-17-18(23)22(9-3-8-21)15-4-1-2-5-16(15)24-17/h1-2,4-7,10-11H,3,9H2/b17-10-. The third-order valence-corrected chi connectivity index (χ3v) is 5.17. The van der Waals surface area contributed by atoms with Crippen molar-refractivity contribution in [3.8, 4) is 6.07 Å². The van der Waals surface area contributed by atoms with Gasteiger partial charge >= 0.3 is 0 Å². The van der Waals surface area contributed by atoms with Gasteiger partial charge in [-0.2, -0.15) is 5.26 Å². The van der Waals surface area contributed by atoms with E-state index in [1.54, 1.807) is 29.2 Å². The highest BCUT2D eigenvalue weighted by molar-refractivity contribution is 8.04. The highest BCUT2D eigenvalue weighted by Crippen LogP contribution is 2.42. The lowest BCUT2D eigenvalue weighted by Gasteiger charge is -2.29. The van der Waals surface area contributed by atoms with Crippen LogP contribution in [0.5, 0.6) is 0 Å². The molecule has 0 N–H and O–H groups in total. The molecule has 3 nitrogen and oxygen atoms in total. The maximum Gasteiger partial charge on any atom is 0.265 e.